The van der Waals surface area contributed by atoms with E-state index in [1.165, 1.54) is 10.4 Å². The first-order chi connectivity index (χ1) is 8.87. The molecule has 0 amide bonds. The molecule has 0 fully saturated rings. The molecule has 0 bridgehead atoms. The van der Waals surface area contributed by atoms with Crippen LogP contribution in [0.4, 0.5) is 0 Å². The summed E-state index contributed by atoms with van der Waals surface area (Å²) >= 11 is 0. The Balaban J connectivity index is 2.73. The molecule has 0 radical (unpaired) electrons. The maximum absolute atomic E-state index is 12.2. The molecule has 0 saturated heterocycles. The fraction of sp³-hybridized carbons (Fsp3) is 0.692. The van der Waals surface area contributed by atoms with Gasteiger partial charge in [0.1, 0.15) is 5.76 Å². The smallest absolute Gasteiger partial charge is 0.276 e. The minimum Gasteiger partial charge on any atom is -0.447 e. The molecule has 0 unspecified atom stereocenters. The second-order valence-electron chi connectivity index (χ2n) is 5.08. The van der Waals surface area contributed by atoms with E-state index in [0.29, 0.717) is 18.8 Å². The molecule has 6 heteroatoms. The van der Waals surface area contributed by atoms with Crippen LogP contribution < -0.4 is 5.32 Å². The number of nitrogens with one attached hydrogen (secondary N) is 1. The molecular formula is C13H24N2O3S. The van der Waals surface area contributed by atoms with Gasteiger partial charge in [0.05, 0.1) is 6.54 Å². The van der Waals surface area contributed by atoms with Crippen molar-refractivity contribution in [1.82, 2.24) is 9.62 Å². The summed E-state index contributed by atoms with van der Waals surface area (Å²) in [7, 11) is -1.93. The van der Waals surface area contributed by atoms with Crippen LogP contribution in [0.15, 0.2) is 21.6 Å². The van der Waals surface area contributed by atoms with E-state index in [-0.39, 0.29) is 11.0 Å². The third kappa shape index (κ3) is 4.63. The first-order valence-electron chi connectivity index (χ1n) is 6.63. The molecule has 1 heterocycles. The molecule has 0 spiro atoms. The van der Waals surface area contributed by atoms with Crippen molar-refractivity contribution < 1.29 is 12.8 Å². The van der Waals surface area contributed by atoms with Crippen molar-refractivity contribution in [3.05, 3.63) is 17.9 Å². The summed E-state index contributed by atoms with van der Waals surface area (Å²) in [6.45, 7) is 7.95. The van der Waals surface area contributed by atoms with Crippen LogP contribution in [-0.2, 0) is 16.6 Å². The van der Waals surface area contributed by atoms with E-state index in [2.05, 4.69) is 12.2 Å². The van der Waals surface area contributed by atoms with Gasteiger partial charge in [-0.1, -0.05) is 20.8 Å². The molecule has 0 saturated carbocycles. The number of rotatable bonds is 8. The fourth-order valence-electron chi connectivity index (χ4n) is 1.75. The number of hydrogen-bond acceptors (Lipinski definition) is 4. The van der Waals surface area contributed by atoms with E-state index in [4.69, 9.17) is 4.42 Å². The largest absolute Gasteiger partial charge is 0.447 e. The Labute approximate surface area is 116 Å². The van der Waals surface area contributed by atoms with Gasteiger partial charge in [0.15, 0.2) is 0 Å². The Morgan fingerprint density at radius 3 is 2.63 bits per heavy atom. The summed E-state index contributed by atoms with van der Waals surface area (Å²) < 4.78 is 31.2. The van der Waals surface area contributed by atoms with Crippen LogP contribution in [-0.4, -0.2) is 32.9 Å². The van der Waals surface area contributed by atoms with Crippen molar-refractivity contribution in [2.24, 2.45) is 5.92 Å². The lowest BCUT2D eigenvalue weighted by Crippen LogP contribution is -2.30. The molecule has 19 heavy (non-hydrogen) atoms. The van der Waals surface area contributed by atoms with Crippen LogP contribution in [0, 0.1) is 5.92 Å². The van der Waals surface area contributed by atoms with Crippen LogP contribution in [0.1, 0.15) is 33.0 Å². The van der Waals surface area contributed by atoms with Gasteiger partial charge in [-0.05, 0) is 31.0 Å². The van der Waals surface area contributed by atoms with Crippen molar-refractivity contribution in [1.29, 1.82) is 0 Å². The Kier molecular flexibility index (Phi) is 6.03. The second kappa shape index (κ2) is 7.07. The highest BCUT2D eigenvalue weighted by Gasteiger charge is 2.24. The maximum atomic E-state index is 12.2. The highest BCUT2D eigenvalue weighted by molar-refractivity contribution is 7.89. The zero-order valence-corrected chi connectivity index (χ0v) is 13.0. The lowest BCUT2D eigenvalue weighted by molar-refractivity contribution is 0.367. The monoisotopic (exact) mass is 288 g/mol. The van der Waals surface area contributed by atoms with E-state index in [1.54, 1.807) is 13.1 Å². The molecular weight excluding hydrogens is 264 g/mol. The summed E-state index contributed by atoms with van der Waals surface area (Å²) in [6, 6.07) is 3.23. The molecule has 5 nitrogen and oxygen atoms in total. The third-order valence-corrected chi connectivity index (χ3v) is 4.35. The van der Waals surface area contributed by atoms with E-state index >= 15 is 0 Å². The Hall–Kier alpha value is -0.850. The van der Waals surface area contributed by atoms with E-state index < -0.39 is 10.0 Å². The SMILES string of the molecule is CCCNCc1ccc(S(=O)(=O)N(C)CC(C)C)o1. The van der Waals surface area contributed by atoms with Crippen LogP contribution in [0.25, 0.3) is 0 Å². The normalized spacial score (nSPS) is 12.5. The standard InChI is InChI=1S/C13H24N2O3S/c1-5-8-14-9-12-6-7-13(18-12)19(16,17)15(4)10-11(2)3/h6-7,11,14H,5,8-10H2,1-4H3. The van der Waals surface area contributed by atoms with Gasteiger partial charge in [0, 0.05) is 13.6 Å². The van der Waals surface area contributed by atoms with Crippen LogP contribution in [0.3, 0.4) is 0 Å². The fourth-order valence-corrected chi connectivity index (χ4v) is 3.00. The predicted octanol–water partition coefficient (Wildman–Crippen LogP) is 2.06. The molecule has 110 valence electrons. The van der Waals surface area contributed by atoms with Crippen LogP contribution >= 0.6 is 0 Å². The summed E-state index contributed by atoms with van der Waals surface area (Å²) in [5.74, 6) is 0.922. The van der Waals surface area contributed by atoms with Gasteiger partial charge in [-0.15, -0.1) is 0 Å². The molecule has 0 aliphatic carbocycles. The average molecular weight is 288 g/mol. The van der Waals surface area contributed by atoms with Crippen molar-refractivity contribution in [3.8, 4) is 0 Å². The van der Waals surface area contributed by atoms with E-state index in [0.717, 1.165) is 13.0 Å². The second-order valence-corrected chi connectivity index (χ2v) is 7.05. The molecule has 0 aromatic carbocycles. The number of hydrogen-bond donors (Lipinski definition) is 1. The van der Waals surface area contributed by atoms with Gasteiger partial charge in [0.2, 0.25) is 5.09 Å². The van der Waals surface area contributed by atoms with Gasteiger partial charge in [-0.3, -0.25) is 0 Å². The summed E-state index contributed by atoms with van der Waals surface area (Å²) in [6.07, 6.45) is 1.03. The van der Waals surface area contributed by atoms with E-state index in [9.17, 15) is 8.42 Å². The Morgan fingerprint density at radius 1 is 1.37 bits per heavy atom. The minimum absolute atomic E-state index is 0.0175. The zero-order chi connectivity index (χ0) is 14.5. The summed E-state index contributed by atoms with van der Waals surface area (Å²) in [4.78, 5) is 0. The van der Waals surface area contributed by atoms with Gasteiger partial charge in [0.25, 0.3) is 10.0 Å². The summed E-state index contributed by atoms with van der Waals surface area (Å²) in [5.41, 5.74) is 0. The van der Waals surface area contributed by atoms with Gasteiger partial charge < -0.3 is 9.73 Å². The molecule has 1 rings (SSSR count). The molecule has 0 aliphatic heterocycles. The topological polar surface area (TPSA) is 62.6 Å². The van der Waals surface area contributed by atoms with Crippen LogP contribution in [0.5, 0.6) is 0 Å². The molecule has 1 aromatic rings. The molecule has 1 aromatic heterocycles. The third-order valence-electron chi connectivity index (χ3n) is 2.65. The molecule has 0 aliphatic rings. The first kappa shape index (κ1) is 16.2. The van der Waals surface area contributed by atoms with Gasteiger partial charge in [-0.25, -0.2) is 8.42 Å². The van der Waals surface area contributed by atoms with Gasteiger partial charge in [-0.2, -0.15) is 4.31 Å². The summed E-state index contributed by atoms with van der Waals surface area (Å²) in [5, 5.41) is 3.19. The first-order valence-corrected chi connectivity index (χ1v) is 8.07. The maximum Gasteiger partial charge on any atom is 0.276 e. The molecule has 0 atom stereocenters. The van der Waals surface area contributed by atoms with Crippen molar-refractivity contribution in [2.45, 2.75) is 38.8 Å². The average Bonchev–Trinajstić information content (AvgIpc) is 2.78. The number of nitrogens with zero attached hydrogens (tertiary/aromatic N) is 1. The lowest BCUT2D eigenvalue weighted by Gasteiger charge is -2.17. The quantitative estimate of drug-likeness (QED) is 0.744. The van der Waals surface area contributed by atoms with Crippen molar-refractivity contribution >= 4 is 10.0 Å². The Bertz CT molecular complexity index is 480. The van der Waals surface area contributed by atoms with Crippen molar-refractivity contribution in [3.63, 3.8) is 0 Å². The van der Waals surface area contributed by atoms with Gasteiger partial charge >= 0.3 is 0 Å². The van der Waals surface area contributed by atoms with E-state index in [1.807, 2.05) is 13.8 Å². The highest BCUT2D eigenvalue weighted by Crippen LogP contribution is 2.18. The highest BCUT2D eigenvalue weighted by atomic mass is 32.2. The van der Waals surface area contributed by atoms with Crippen molar-refractivity contribution in [2.75, 3.05) is 20.1 Å². The zero-order valence-electron chi connectivity index (χ0n) is 12.1. The minimum atomic E-state index is -3.50. The predicted molar refractivity (Wildman–Crippen MR) is 75.4 cm³/mol. The molecule has 1 N–H and O–H groups in total. The lowest BCUT2D eigenvalue weighted by atomic mass is 10.2. The number of sulfonamides is 1. The van der Waals surface area contributed by atoms with Crippen LogP contribution in [0.2, 0.25) is 0 Å². The Morgan fingerprint density at radius 2 is 2.05 bits per heavy atom. The number of furan rings is 1.